The van der Waals surface area contributed by atoms with Crippen molar-refractivity contribution in [3.8, 4) is 0 Å². The Morgan fingerprint density at radius 2 is 2.15 bits per heavy atom. The lowest BCUT2D eigenvalue weighted by Crippen LogP contribution is -2.34. The van der Waals surface area contributed by atoms with Gasteiger partial charge in [-0.2, -0.15) is 0 Å². The molecule has 0 fully saturated rings. The highest BCUT2D eigenvalue weighted by Crippen LogP contribution is 2.24. The summed E-state index contributed by atoms with van der Waals surface area (Å²) >= 11 is 0. The van der Waals surface area contributed by atoms with E-state index in [9.17, 15) is 9.50 Å². The Bertz CT molecular complexity index is 567. The summed E-state index contributed by atoms with van der Waals surface area (Å²) < 4.78 is 18.1. The number of benzene rings is 1. The molecule has 20 heavy (non-hydrogen) atoms. The second kappa shape index (κ2) is 5.73. The van der Waals surface area contributed by atoms with Gasteiger partial charge in [-0.15, -0.1) is 0 Å². The van der Waals surface area contributed by atoms with Crippen LogP contribution in [-0.2, 0) is 26.0 Å². The number of hydrogen-bond acceptors (Lipinski definition) is 4. The fourth-order valence-corrected chi connectivity index (χ4v) is 2.63. The minimum absolute atomic E-state index is 0.0798. The molecule has 1 aliphatic rings. The van der Waals surface area contributed by atoms with Gasteiger partial charge in [0.05, 0.1) is 6.61 Å². The van der Waals surface area contributed by atoms with Gasteiger partial charge in [0.15, 0.2) is 0 Å². The van der Waals surface area contributed by atoms with Gasteiger partial charge < -0.3 is 14.9 Å². The molecule has 1 heterocycles. The lowest BCUT2D eigenvalue weighted by atomic mass is 9.92. The first-order chi connectivity index (χ1) is 9.76. The van der Waals surface area contributed by atoms with Crippen LogP contribution in [0.4, 0.5) is 4.39 Å². The normalized spacial score (nSPS) is 18.0. The van der Waals surface area contributed by atoms with Crippen molar-refractivity contribution < 1.29 is 14.0 Å². The smallest absolute Gasteiger partial charge is 0.140 e. The number of aryl methyl sites for hydroxylation is 1. The minimum Gasteiger partial charge on any atom is -0.390 e. The molecule has 0 bridgehead atoms. The molecule has 1 aromatic carbocycles. The number of aliphatic hydroxyl groups excluding tert-OH is 1. The van der Waals surface area contributed by atoms with Crippen LogP contribution in [0.25, 0.3) is 0 Å². The van der Waals surface area contributed by atoms with Crippen LogP contribution in [0.5, 0.6) is 0 Å². The quantitative estimate of drug-likeness (QED) is 0.896. The molecule has 5 heteroatoms. The van der Waals surface area contributed by atoms with Crippen molar-refractivity contribution in [2.45, 2.75) is 38.5 Å². The van der Waals surface area contributed by atoms with E-state index in [1.807, 2.05) is 0 Å². The Morgan fingerprint density at radius 3 is 2.90 bits per heavy atom. The zero-order valence-corrected chi connectivity index (χ0v) is 11.1. The molecule has 1 aromatic heterocycles. The molecule has 0 saturated heterocycles. The molecule has 1 unspecified atom stereocenters. The maximum Gasteiger partial charge on any atom is 0.140 e. The second-order valence-electron chi connectivity index (χ2n) is 5.14. The van der Waals surface area contributed by atoms with Gasteiger partial charge in [0.25, 0.3) is 0 Å². The summed E-state index contributed by atoms with van der Waals surface area (Å²) in [6.45, 7) is 0.629. The van der Waals surface area contributed by atoms with E-state index in [4.69, 9.17) is 4.52 Å². The molecular weight excluding hydrogens is 259 g/mol. The lowest BCUT2D eigenvalue weighted by Gasteiger charge is -2.22. The largest absolute Gasteiger partial charge is 0.390 e. The van der Waals surface area contributed by atoms with Crippen LogP contribution in [0.15, 0.2) is 28.8 Å². The number of aromatic nitrogens is 1. The molecule has 2 N–H and O–H groups in total. The molecule has 0 amide bonds. The average molecular weight is 276 g/mol. The van der Waals surface area contributed by atoms with Crippen LogP contribution in [0, 0.1) is 5.82 Å². The van der Waals surface area contributed by atoms with Crippen molar-refractivity contribution in [3.05, 3.63) is 52.7 Å². The number of hydrogen-bond donors (Lipinski definition) is 2. The van der Waals surface area contributed by atoms with Crippen molar-refractivity contribution in [2.24, 2.45) is 0 Å². The molecule has 106 valence electrons. The second-order valence-corrected chi connectivity index (χ2v) is 5.14. The Kier molecular flexibility index (Phi) is 3.80. The zero-order valence-electron chi connectivity index (χ0n) is 11.1. The van der Waals surface area contributed by atoms with E-state index in [-0.39, 0.29) is 12.4 Å². The first-order valence-electron chi connectivity index (χ1n) is 6.81. The number of aliphatic hydroxyl groups is 1. The lowest BCUT2D eigenvalue weighted by molar-refractivity contribution is 0.265. The standard InChI is InChI=1S/C15H17FN2O2/c16-11-3-1-10(2-4-11)8-17-12-5-6-15-13(7-12)14(9-19)18-20-15/h1-4,12,17,19H,5-9H2. The highest BCUT2D eigenvalue weighted by Gasteiger charge is 2.24. The van der Waals surface area contributed by atoms with Crippen LogP contribution in [0.3, 0.4) is 0 Å². The first-order valence-corrected chi connectivity index (χ1v) is 6.81. The van der Waals surface area contributed by atoms with Crippen LogP contribution >= 0.6 is 0 Å². The van der Waals surface area contributed by atoms with Crippen molar-refractivity contribution in [2.75, 3.05) is 0 Å². The van der Waals surface area contributed by atoms with Gasteiger partial charge in [0, 0.05) is 24.6 Å². The Balaban J connectivity index is 1.61. The van der Waals surface area contributed by atoms with Crippen LogP contribution in [-0.4, -0.2) is 16.3 Å². The third-order valence-electron chi connectivity index (χ3n) is 3.78. The Labute approximate surface area is 116 Å². The summed E-state index contributed by atoms with van der Waals surface area (Å²) in [5.74, 6) is 0.682. The van der Waals surface area contributed by atoms with Crippen molar-refractivity contribution in [1.29, 1.82) is 0 Å². The summed E-state index contributed by atoms with van der Waals surface area (Å²) in [5.41, 5.74) is 2.74. The maximum atomic E-state index is 12.8. The molecule has 2 aromatic rings. The summed E-state index contributed by atoms with van der Waals surface area (Å²) in [7, 11) is 0. The van der Waals surface area contributed by atoms with Crippen molar-refractivity contribution in [3.63, 3.8) is 0 Å². The van der Waals surface area contributed by atoms with E-state index in [0.717, 1.165) is 36.1 Å². The Morgan fingerprint density at radius 1 is 1.35 bits per heavy atom. The van der Waals surface area contributed by atoms with Gasteiger partial charge >= 0.3 is 0 Å². The molecule has 1 aliphatic carbocycles. The summed E-state index contributed by atoms with van der Waals surface area (Å²) in [4.78, 5) is 0. The number of nitrogens with one attached hydrogen (secondary N) is 1. The fraction of sp³-hybridized carbons (Fsp3) is 0.400. The van der Waals surface area contributed by atoms with Gasteiger partial charge in [0.1, 0.15) is 17.3 Å². The fourth-order valence-electron chi connectivity index (χ4n) is 2.63. The van der Waals surface area contributed by atoms with E-state index in [0.29, 0.717) is 18.3 Å². The predicted octanol–water partition coefficient (Wildman–Crippen LogP) is 1.95. The summed E-state index contributed by atoms with van der Waals surface area (Å²) in [6, 6.07) is 6.85. The van der Waals surface area contributed by atoms with Crippen LogP contribution in [0.2, 0.25) is 0 Å². The van der Waals surface area contributed by atoms with Gasteiger partial charge in [-0.25, -0.2) is 4.39 Å². The van der Waals surface area contributed by atoms with Crippen molar-refractivity contribution in [1.82, 2.24) is 10.5 Å². The van der Waals surface area contributed by atoms with Crippen molar-refractivity contribution >= 4 is 0 Å². The molecule has 0 radical (unpaired) electrons. The predicted molar refractivity (Wildman–Crippen MR) is 71.5 cm³/mol. The summed E-state index contributed by atoms with van der Waals surface area (Å²) in [5, 5.41) is 16.6. The number of fused-ring (bicyclic) bond motifs is 1. The minimum atomic E-state index is -0.215. The molecule has 3 rings (SSSR count). The summed E-state index contributed by atoms with van der Waals surface area (Å²) in [6.07, 6.45) is 2.63. The van der Waals surface area contributed by atoms with Gasteiger partial charge in [-0.3, -0.25) is 0 Å². The van der Waals surface area contributed by atoms with E-state index in [1.165, 1.54) is 12.1 Å². The van der Waals surface area contributed by atoms with E-state index >= 15 is 0 Å². The number of rotatable bonds is 4. The van der Waals surface area contributed by atoms with E-state index in [2.05, 4.69) is 10.5 Å². The van der Waals surface area contributed by atoms with Gasteiger partial charge in [-0.05, 0) is 30.5 Å². The van der Waals surface area contributed by atoms with Crippen LogP contribution < -0.4 is 5.32 Å². The first kappa shape index (κ1) is 13.3. The zero-order chi connectivity index (χ0) is 13.9. The topological polar surface area (TPSA) is 58.3 Å². The number of nitrogens with zero attached hydrogens (tertiary/aromatic N) is 1. The van der Waals surface area contributed by atoms with Gasteiger partial charge in [0.2, 0.25) is 0 Å². The van der Waals surface area contributed by atoms with E-state index < -0.39 is 0 Å². The highest BCUT2D eigenvalue weighted by atomic mass is 19.1. The SMILES string of the molecule is OCc1noc2c1CC(NCc1ccc(F)cc1)CC2. The highest BCUT2D eigenvalue weighted by molar-refractivity contribution is 5.26. The molecule has 0 spiro atoms. The maximum absolute atomic E-state index is 12.8. The third kappa shape index (κ3) is 2.73. The molecular formula is C15H17FN2O2. The molecule has 0 saturated carbocycles. The molecule has 4 nitrogen and oxygen atoms in total. The van der Waals surface area contributed by atoms with Crippen LogP contribution in [0.1, 0.15) is 29.0 Å². The average Bonchev–Trinajstić information content (AvgIpc) is 2.89. The van der Waals surface area contributed by atoms with Gasteiger partial charge in [-0.1, -0.05) is 17.3 Å². The molecule has 0 aliphatic heterocycles. The monoisotopic (exact) mass is 276 g/mol. The number of halogens is 1. The third-order valence-corrected chi connectivity index (χ3v) is 3.78. The van der Waals surface area contributed by atoms with E-state index in [1.54, 1.807) is 12.1 Å². The molecule has 1 atom stereocenters. The Hall–Kier alpha value is -1.72.